The lowest BCUT2D eigenvalue weighted by Crippen LogP contribution is -2.15. The van der Waals surface area contributed by atoms with Crippen LogP contribution in [0.15, 0.2) is 64.5 Å². The highest BCUT2D eigenvalue weighted by Gasteiger charge is 2.24. The first-order valence-electron chi connectivity index (χ1n) is 6.36. The van der Waals surface area contributed by atoms with Crippen molar-refractivity contribution in [2.75, 3.05) is 6.26 Å². The fraction of sp³-hybridized carbons (Fsp3) is 0.0667. The Labute approximate surface area is 135 Å². The third-order valence-electron chi connectivity index (χ3n) is 3.26. The highest BCUT2D eigenvalue weighted by Crippen LogP contribution is 2.29. The summed E-state index contributed by atoms with van der Waals surface area (Å²) >= 11 is 5.96. The Hall–Kier alpha value is -1.63. The predicted molar refractivity (Wildman–Crippen MR) is 88.3 cm³/mol. The molecule has 1 aromatic heterocycles. The molecule has 2 aromatic carbocycles. The molecule has 0 N–H and O–H groups in total. The quantitative estimate of drug-likeness (QED) is 0.726. The molecule has 0 saturated heterocycles. The van der Waals surface area contributed by atoms with Crippen LogP contribution in [0.3, 0.4) is 0 Å². The van der Waals surface area contributed by atoms with Crippen LogP contribution < -0.4 is 0 Å². The smallest absolute Gasteiger partial charge is 0.253 e. The van der Waals surface area contributed by atoms with E-state index in [-0.39, 0.29) is 9.92 Å². The second-order valence-corrected chi connectivity index (χ2v) is 8.27. The molecule has 4 nitrogen and oxygen atoms in total. The molecule has 7 heteroatoms. The highest BCUT2D eigenvalue weighted by molar-refractivity contribution is 7.91. The molecule has 0 bridgehead atoms. The molecule has 1 atom stereocenters. The molecule has 3 aromatic rings. The molecule has 0 radical (unpaired) electrons. The fourth-order valence-electron chi connectivity index (χ4n) is 2.28. The van der Waals surface area contributed by atoms with E-state index in [4.69, 9.17) is 11.6 Å². The average molecular weight is 354 g/mol. The maximum absolute atomic E-state index is 12.9. The van der Waals surface area contributed by atoms with Crippen molar-refractivity contribution in [1.82, 2.24) is 3.97 Å². The number of aromatic nitrogens is 1. The molecule has 1 unspecified atom stereocenters. The highest BCUT2D eigenvalue weighted by atomic mass is 35.5. The van der Waals surface area contributed by atoms with Crippen LogP contribution in [0, 0.1) is 0 Å². The van der Waals surface area contributed by atoms with Crippen LogP contribution in [-0.4, -0.2) is 22.9 Å². The number of halogens is 1. The van der Waals surface area contributed by atoms with Crippen LogP contribution in [0.2, 0.25) is 5.02 Å². The normalized spacial score (nSPS) is 13.4. The first-order valence-corrected chi connectivity index (χ1v) is 9.74. The van der Waals surface area contributed by atoms with Crippen molar-refractivity contribution < 1.29 is 12.6 Å². The van der Waals surface area contributed by atoms with Gasteiger partial charge in [-0.05, 0) is 36.4 Å². The Morgan fingerprint density at radius 3 is 2.36 bits per heavy atom. The second-order valence-electron chi connectivity index (χ2n) is 4.72. The van der Waals surface area contributed by atoms with Gasteiger partial charge in [-0.1, -0.05) is 29.8 Å². The minimum atomic E-state index is -3.83. The molecule has 22 heavy (non-hydrogen) atoms. The van der Waals surface area contributed by atoms with Gasteiger partial charge in [0.25, 0.3) is 10.0 Å². The van der Waals surface area contributed by atoms with Crippen molar-refractivity contribution in [2.24, 2.45) is 0 Å². The van der Waals surface area contributed by atoms with Crippen LogP contribution in [0.25, 0.3) is 10.9 Å². The molecular formula is C15H12ClNO3S2. The van der Waals surface area contributed by atoms with E-state index < -0.39 is 20.8 Å². The standard InChI is InChI=1S/C15H12ClNO3S2/c1-21(18)15-10-11-9-12(16)7-8-14(11)17(15)22(19,20)13-5-3-2-4-6-13/h2-10H,1H3. The number of hydrogen-bond donors (Lipinski definition) is 0. The lowest BCUT2D eigenvalue weighted by atomic mass is 10.2. The molecule has 0 aliphatic heterocycles. The largest absolute Gasteiger partial charge is 0.269 e. The molecule has 0 spiro atoms. The Morgan fingerprint density at radius 2 is 1.73 bits per heavy atom. The monoisotopic (exact) mass is 353 g/mol. The van der Waals surface area contributed by atoms with Gasteiger partial charge in [0.2, 0.25) is 0 Å². The minimum absolute atomic E-state index is 0.147. The second kappa shape index (κ2) is 5.53. The van der Waals surface area contributed by atoms with Crippen molar-refractivity contribution in [1.29, 1.82) is 0 Å². The molecule has 0 aliphatic rings. The van der Waals surface area contributed by atoms with E-state index in [0.29, 0.717) is 15.9 Å². The van der Waals surface area contributed by atoms with Gasteiger partial charge in [-0.25, -0.2) is 12.4 Å². The number of rotatable bonds is 3. The number of nitrogens with zero attached hydrogens (tertiary/aromatic N) is 1. The zero-order chi connectivity index (χ0) is 15.9. The lowest BCUT2D eigenvalue weighted by Gasteiger charge is -2.10. The van der Waals surface area contributed by atoms with Crippen LogP contribution in [-0.2, 0) is 20.8 Å². The molecule has 114 valence electrons. The van der Waals surface area contributed by atoms with Crippen LogP contribution in [0.1, 0.15) is 0 Å². The summed E-state index contributed by atoms with van der Waals surface area (Å²) in [4.78, 5) is 0.147. The Kier molecular flexibility index (Phi) is 3.84. The van der Waals surface area contributed by atoms with Gasteiger partial charge < -0.3 is 0 Å². The topological polar surface area (TPSA) is 56.1 Å². The number of benzene rings is 2. The Morgan fingerprint density at radius 1 is 1.05 bits per heavy atom. The summed E-state index contributed by atoms with van der Waals surface area (Å²) in [6, 6.07) is 14.6. The maximum Gasteiger partial charge on any atom is 0.269 e. The average Bonchev–Trinajstić information content (AvgIpc) is 2.87. The zero-order valence-corrected chi connectivity index (χ0v) is 14.0. The SMILES string of the molecule is CS(=O)c1cc2cc(Cl)ccc2n1S(=O)(=O)c1ccccc1. The van der Waals surface area contributed by atoms with Crippen molar-refractivity contribution in [2.45, 2.75) is 9.92 Å². The van der Waals surface area contributed by atoms with Gasteiger partial charge in [-0.3, -0.25) is 4.21 Å². The Bertz CT molecular complexity index is 979. The third kappa shape index (κ3) is 2.47. The summed E-state index contributed by atoms with van der Waals surface area (Å²) in [5.41, 5.74) is 0.457. The first kappa shape index (κ1) is 15.3. The maximum atomic E-state index is 12.9. The van der Waals surface area contributed by atoms with Gasteiger partial charge in [0.1, 0.15) is 5.03 Å². The summed E-state index contributed by atoms with van der Waals surface area (Å²) < 4.78 is 38.9. The van der Waals surface area contributed by atoms with Gasteiger partial charge in [-0.15, -0.1) is 0 Å². The van der Waals surface area contributed by atoms with E-state index in [1.165, 1.54) is 18.4 Å². The molecule has 0 saturated carbocycles. The van der Waals surface area contributed by atoms with E-state index >= 15 is 0 Å². The van der Waals surface area contributed by atoms with Gasteiger partial charge >= 0.3 is 0 Å². The third-order valence-corrected chi connectivity index (χ3v) is 6.25. The van der Waals surface area contributed by atoms with E-state index in [9.17, 15) is 12.6 Å². The summed E-state index contributed by atoms with van der Waals surface area (Å²) in [6.45, 7) is 0. The van der Waals surface area contributed by atoms with Crippen molar-refractivity contribution >= 4 is 43.3 Å². The van der Waals surface area contributed by atoms with Gasteiger partial charge in [0.05, 0.1) is 21.2 Å². The van der Waals surface area contributed by atoms with E-state index in [1.807, 2.05) is 0 Å². The molecule has 0 amide bonds. The summed E-state index contributed by atoms with van der Waals surface area (Å²) in [5, 5.41) is 1.36. The lowest BCUT2D eigenvalue weighted by molar-refractivity contribution is 0.584. The van der Waals surface area contributed by atoms with E-state index in [2.05, 4.69) is 0 Å². The van der Waals surface area contributed by atoms with Crippen LogP contribution in [0.5, 0.6) is 0 Å². The molecule has 3 rings (SSSR count). The van der Waals surface area contributed by atoms with Crippen molar-refractivity contribution in [3.8, 4) is 0 Å². The van der Waals surface area contributed by atoms with Gasteiger partial charge in [0, 0.05) is 16.7 Å². The Balaban J connectivity index is 2.39. The van der Waals surface area contributed by atoms with Crippen molar-refractivity contribution in [3.05, 3.63) is 59.6 Å². The number of fused-ring (bicyclic) bond motifs is 1. The molecule has 0 aliphatic carbocycles. The molecular weight excluding hydrogens is 342 g/mol. The van der Waals surface area contributed by atoms with Crippen molar-refractivity contribution in [3.63, 3.8) is 0 Å². The van der Waals surface area contributed by atoms with E-state index in [1.54, 1.807) is 42.5 Å². The molecule has 0 fully saturated rings. The minimum Gasteiger partial charge on any atom is -0.253 e. The van der Waals surface area contributed by atoms with Gasteiger partial charge in [0.15, 0.2) is 0 Å². The van der Waals surface area contributed by atoms with Gasteiger partial charge in [-0.2, -0.15) is 0 Å². The summed E-state index contributed by atoms with van der Waals surface area (Å²) in [5.74, 6) is 0. The van der Waals surface area contributed by atoms with Crippen LogP contribution >= 0.6 is 11.6 Å². The predicted octanol–water partition coefficient (Wildman–Crippen LogP) is 3.27. The first-order chi connectivity index (χ1) is 10.4. The summed E-state index contributed by atoms with van der Waals surface area (Å²) in [6.07, 6.45) is 1.45. The number of hydrogen-bond acceptors (Lipinski definition) is 3. The van der Waals surface area contributed by atoms with Crippen LogP contribution in [0.4, 0.5) is 0 Å². The fourth-order valence-corrected chi connectivity index (χ4v) is 5.12. The molecule has 1 heterocycles. The summed E-state index contributed by atoms with van der Waals surface area (Å²) in [7, 11) is -5.29. The van der Waals surface area contributed by atoms with E-state index in [0.717, 1.165) is 3.97 Å². The zero-order valence-electron chi connectivity index (χ0n) is 11.6.